The minimum absolute atomic E-state index is 0.0464. The number of alkyl halides is 3. The lowest BCUT2D eigenvalue weighted by atomic mass is 10.0. The Morgan fingerprint density at radius 3 is 2.50 bits per heavy atom. The van der Waals surface area contributed by atoms with Crippen LogP contribution in [0.4, 0.5) is 13.2 Å². The van der Waals surface area contributed by atoms with E-state index in [0.717, 1.165) is 5.56 Å². The minimum atomic E-state index is -4.51. The molecule has 0 aliphatic heterocycles. The summed E-state index contributed by atoms with van der Waals surface area (Å²) in [6, 6.07) is 7.35. The lowest BCUT2D eigenvalue weighted by Gasteiger charge is -2.20. The van der Waals surface area contributed by atoms with Crippen LogP contribution in [0.3, 0.4) is 0 Å². The number of nitrogens with zero attached hydrogens (tertiary/aromatic N) is 3. The first-order valence-electron chi connectivity index (χ1n) is 6.05. The number of nitrogens with one attached hydrogen (secondary N) is 1. The van der Waals surface area contributed by atoms with Crippen LogP contribution in [0.15, 0.2) is 24.3 Å². The fourth-order valence-electron chi connectivity index (χ4n) is 1.75. The highest BCUT2D eigenvalue weighted by molar-refractivity contribution is 5.56. The molecule has 1 unspecified atom stereocenters. The maximum atomic E-state index is 12.5. The summed E-state index contributed by atoms with van der Waals surface area (Å²) in [6.45, 7) is 2.01. The predicted molar refractivity (Wildman–Crippen MR) is 68.9 cm³/mol. The number of aromatic amines is 1. The molecule has 0 aliphatic rings. The lowest BCUT2D eigenvalue weighted by Crippen LogP contribution is -2.16. The normalized spacial score (nSPS) is 13.8. The van der Waals surface area contributed by atoms with E-state index >= 15 is 0 Å². The van der Waals surface area contributed by atoms with Crippen molar-refractivity contribution in [2.24, 2.45) is 0 Å². The molecule has 0 amide bonds. The molecule has 7 heteroatoms. The van der Waals surface area contributed by atoms with E-state index in [1.165, 1.54) is 0 Å². The van der Waals surface area contributed by atoms with Crippen molar-refractivity contribution in [2.75, 3.05) is 14.1 Å². The van der Waals surface area contributed by atoms with Gasteiger partial charge in [0.25, 0.3) is 0 Å². The zero-order chi connectivity index (χ0) is 14.9. The number of halogens is 3. The van der Waals surface area contributed by atoms with Crippen LogP contribution >= 0.6 is 0 Å². The molecule has 0 fully saturated rings. The fraction of sp³-hybridized carbons (Fsp3) is 0.385. The second-order valence-corrected chi connectivity index (χ2v) is 4.77. The smallest absolute Gasteiger partial charge is 0.303 e. The molecule has 0 bridgehead atoms. The number of H-pyrrole nitrogens is 1. The molecule has 0 saturated carbocycles. The van der Waals surface area contributed by atoms with Crippen LogP contribution in [0, 0.1) is 0 Å². The van der Waals surface area contributed by atoms with Gasteiger partial charge in [-0.1, -0.05) is 18.2 Å². The van der Waals surface area contributed by atoms with Crippen molar-refractivity contribution in [3.8, 4) is 11.4 Å². The topological polar surface area (TPSA) is 44.8 Å². The molecule has 1 N–H and O–H groups in total. The lowest BCUT2D eigenvalue weighted by molar-refractivity contribution is -0.144. The van der Waals surface area contributed by atoms with Gasteiger partial charge in [0, 0.05) is 11.6 Å². The van der Waals surface area contributed by atoms with Gasteiger partial charge >= 0.3 is 6.18 Å². The molecule has 108 valence electrons. The SMILES string of the molecule is CC(c1cccc(-c2n[nH]c(C(F)(F)F)n2)c1)N(C)C. The molecule has 2 aromatic rings. The van der Waals surface area contributed by atoms with Crippen molar-refractivity contribution in [3.05, 3.63) is 35.7 Å². The van der Waals surface area contributed by atoms with Crippen molar-refractivity contribution < 1.29 is 13.2 Å². The quantitative estimate of drug-likeness (QED) is 0.942. The molecule has 0 saturated heterocycles. The standard InChI is InChI=1S/C13H15F3N4/c1-8(20(2)3)9-5-4-6-10(7-9)11-17-12(19-18-11)13(14,15)16/h4-8H,1-3H3,(H,17,18,19). The number of benzene rings is 1. The number of rotatable bonds is 3. The Morgan fingerprint density at radius 2 is 1.95 bits per heavy atom. The molecule has 4 nitrogen and oxygen atoms in total. The van der Waals surface area contributed by atoms with E-state index in [1.54, 1.807) is 18.2 Å². The van der Waals surface area contributed by atoms with Crippen molar-refractivity contribution in [2.45, 2.75) is 19.1 Å². The molecule has 20 heavy (non-hydrogen) atoms. The summed E-state index contributed by atoms with van der Waals surface area (Å²) in [5, 5.41) is 5.55. The molecular weight excluding hydrogens is 269 g/mol. The van der Waals surface area contributed by atoms with E-state index < -0.39 is 12.0 Å². The molecular formula is C13H15F3N4. The van der Waals surface area contributed by atoms with Crippen LogP contribution < -0.4 is 0 Å². The molecule has 0 spiro atoms. The van der Waals surface area contributed by atoms with Gasteiger partial charge in [-0.15, -0.1) is 0 Å². The summed E-state index contributed by atoms with van der Waals surface area (Å²) in [5.74, 6) is -1.04. The highest BCUT2D eigenvalue weighted by Gasteiger charge is 2.35. The molecule has 1 heterocycles. The first-order chi connectivity index (χ1) is 9.29. The predicted octanol–water partition coefficient (Wildman–Crippen LogP) is 3.11. The Labute approximate surface area is 114 Å². The van der Waals surface area contributed by atoms with E-state index in [0.29, 0.717) is 5.56 Å². The molecule has 0 radical (unpaired) electrons. The first-order valence-corrected chi connectivity index (χ1v) is 6.05. The Kier molecular flexibility index (Phi) is 3.80. The van der Waals surface area contributed by atoms with Crippen LogP contribution in [-0.4, -0.2) is 34.2 Å². The summed E-state index contributed by atoms with van der Waals surface area (Å²) in [4.78, 5) is 5.50. The first kappa shape index (κ1) is 14.5. The van der Waals surface area contributed by atoms with Gasteiger partial charge in [-0.3, -0.25) is 5.10 Å². The average Bonchev–Trinajstić information content (AvgIpc) is 2.87. The van der Waals surface area contributed by atoms with E-state index in [1.807, 2.05) is 37.1 Å². The third kappa shape index (κ3) is 2.98. The van der Waals surface area contributed by atoms with Crippen molar-refractivity contribution >= 4 is 0 Å². The van der Waals surface area contributed by atoms with Crippen molar-refractivity contribution in [1.29, 1.82) is 0 Å². The van der Waals surface area contributed by atoms with Gasteiger partial charge < -0.3 is 4.90 Å². The summed E-state index contributed by atoms with van der Waals surface area (Å²) in [6.07, 6.45) is -4.51. The number of aromatic nitrogens is 3. The van der Waals surface area contributed by atoms with Gasteiger partial charge in [0.2, 0.25) is 5.82 Å². The van der Waals surface area contributed by atoms with Crippen LogP contribution in [-0.2, 0) is 6.18 Å². The Balaban J connectivity index is 2.34. The van der Waals surface area contributed by atoms with E-state index in [4.69, 9.17) is 0 Å². The summed E-state index contributed by atoms with van der Waals surface area (Å²) in [7, 11) is 3.87. The molecule has 2 rings (SSSR count). The second-order valence-electron chi connectivity index (χ2n) is 4.77. The van der Waals surface area contributed by atoms with Gasteiger partial charge in [-0.25, -0.2) is 4.98 Å². The fourth-order valence-corrected chi connectivity index (χ4v) is 1.75. The summed E-state index contributed by atoms with van der Waals surface area (Å²) >= 11 is 0. The second kappa shape index (κ2) is 5.24. The highest BCUT2D eigenvalue weighted by Crippen LogP contribution is 2.28. The maximum absolute atomic E-state index is 12.5. The van der Waals surface area contributed by atoms with Crippen LogP contribution in [0.5, 0.6) is 0 Å². The van der Waals surface area contributed by atoms with Crippen LogP contribution in [0.1, 0.15) is 24.4 Å². The van der Waals surface area contributed by atoms with Gasteiger partial charge in [0.05, 0.1) is 0 Å². The van der Waals surface area contributed by atoms with Crippen molar-refractivity contribution in [3.63, 3.8) is 0 Å². The van der Waals surface area contributed by atoms with Gasteiger partial charge in [-0.2, -0.15) is 18.3 Å². The molecule has 1 atom stereocenters. The molecule has 1 aromatic carbocycles. The summed E-state index contributed by atoms with van der Waals surface area (Å²) < 4.78 is 37.5. The zero-order valence-electron chi connectivity index (χ0n) is 11.4. The van der Waals surface area contributed by atoms with E-state index in [-0.39, 0.29) is 11.9 Å². The van der Waals surface area contributed by atoms with Crippen LogP contribution in [0.25, 0.3) is 11.4 Å². The van der Waals surface area contributed by atoms with Gasteiger partial charge in [0.1, 0.15) is 0 Å². The Morgan fingerprint density at radius 1 is 1.25 bits per heavy atom. The average molecular weight is 284 g/mol. The summed E-state index contributed by atoms with van der Waals surface area (Å²) in [5.41, 5.74) is 1.55. The van der Waals surface area contributed by atoms with Gasteiger partial charge in [0.15, 0.2) is 5.82 Å². The number of hydrogen-bond acceptors (Lipinski definition) is 3. The highest BCUT2D eigenvalue weighted by atomic mass is 19.4. The number of hydrogen-bond donors (Lipinski definition) is 1. The third-order valence-electron chi connectivity index (χ3n) is 3.16. The zero-order valence-corrected chi connectivity index (χ0v) is 11.4. The Hall–Kier alpha value is -1.89. The monoisotopic (exact) mass is 284 g/mol. The Bertz CT molecular complexity index is 589. The van der Waals surface area contributed by atoms with Crippen molar-refractivity contribution in [1.82, 2.24) is 20.1 Å². The third-order valence-corrected chi connectivity index (χ3v) is 3.16. The molecule has 0 aliphatic carbocycles. The minimum Gasteiger partial charge on any atom is -0.303 e. The van der Waals surface area contributed by atoms with E-state index in [2.05, 4.69) is 10.1 Å². The van der Waals surface area contributed by atoms with Gasteiger partial charge in [-0.05, 0) is 32.6 Å². The van der Waals surface area contributed by atoms with E-state index in [9.17, 15) is 13.2 Å². The molecule has 1 aromatic heterocycles. The van der Waals surface area contributed by atoms with Crippen LogP contribution in [0.2, 0.25) is 0 Å². The largest absolute Gasteiger partial charge is 0.451 e. The maximum Gasteiger partial charge on any atom is 0.451 e.